The van der Waals surface area contributed by atoms with Crippen molar-refractivity contribution < 1.29 is 19.1 Å². The van der Waals surface area contributed by atoms with E-state index in [2.05, 4.69) is 17.1 Å². The number of hydrogen-bond donors (Lipinski definition) is 1. The number of morpholine rings is 1. The zero-order valence-corrected chi connectivity index (χ0v) is 20.2. The Morgan fingerprint density at radius 1 is 0.971 bits per heavy atom. The Morgan fingerprint density at radius 3 is 2.50 bits per heavy atom. The topological polar surface area (TPSA) is 71.1 Å². The van der Waals surface area contributed by atoms with Gasteiger partial charge in [0.1, 0.15) is 11.4 Å². The van der Waals surface area contributed by atoms with Crippen molar-refractivity contribution >= 4 is 23.1 Å². The molecule has 0 saturated carbocycles. The van der Waals surface area contributed by atoms with E-state index in [1.165, 1.54) is 4.90 Å². The molecule has 2 heterocycles. The molecule has 0 aromatic heterocycles. The minimum Gasteiger partial charge on any atom is -0.494 e. The van der Waals surface area contributed by atoms with Gasteiger partial charge in [-0.05, 0) is 49.1 Å². The molecular formula is C27H33N3O4. The van der Waals surface area contributed by atoms with Gasteiger partial charge < -0.3 is 14.8 Å². The largest absolute Gasteiger partial charge is 0.494 e. The van der Waals surface area contributed by atoms with Crippen molar-refractivity contribution in [3.8, 4) is 5.75 Å². The molecule has 7 heteroatoms. The van der Waals surface area contributed by atoms with Gasteiger partial charge in [0.25, 0.3) is 11.8 Å². The Labute approximate surface area is 201 Å². The second-order valence-electron chi connectivity index (χ2n) is 8.77. The fraction of sp³-hybridized carbons (Fsp3) is 0.407. The normalized spacial score (nSPS) is 17.0. The first-order chi connectivity index (χ1) is 16.5. The van der Waals surface area contributed by atoms with E-state index in [0.717, 1.165) is 42.0 Å². The van der Waals surface area contributed by atoms with Crippen molar-refractivity contribution in [3.05, 3.63) is 64.9 Å². The van der Waals surface area contributed by atoms with Gasteiger partial charge in [-0.15, -0.1) is 0 Å². The molecule has 4 rings (SSSR count). The molecule has 0 atom stereocenters. The van der Waals surface area contributed by atoms with Gasteiger partial charge >= 0.3 is 0 Å². The number of rotatable bonds is 9. The molecule has 0 spiro atoms. The van der Waals surface area contributed by atoms with Crippen LogP contribution in [0.5, 0.6) is 5.75 Å². The van der Waals surface area contributed by atoms with Crippen molar-refractivity contribution in [3.63, 3.8) is 0 Å². The van der Waals surface area contributed by atoms with Gasteiger partial charge in [0.05, 0.1) is 25.4 Å². The minimum absolute atomic E-state index is 0.262. The van der Waals surface area contributed by atoms with Crippen molar-refractivity contribution in [1.82, 2.24) is 9.80 Å². The zero-order valence-electron chi connectivity index (χ0n) is 20.2. The summed E-state index contributed by atoms with van der Waals surface area (Å²) in [5.74, 6) is 0.162. The number of ether oxygens (including phenoxy) is 2. The number of anilines is 1. The number of hydrogen-bond acceptors (Lipinski definition) is 6. The molecule has 2 aromatic rings. The Kier molecular flexibility index (Phi) is 7.65. The summed E-state index contributed by atoms with van der Waals surface area (Å²) in [6.07, 6.45) is 0.908. The van der Waals surface area contributed by atoms with Crippen LogP contribution in [0.4, 0.5) is 5.69 Å². The van der Waals surface area contributed by atoms with Crippen LogP contribution in [-0.4, -0.2) is 67.6 Å². The third-order valence-electron chi connectivity index (χ3n) is 6.28. The van der Waals surface area contributed by atoms with Crippen molar-refractivity contribution in [2.45, 2.75) is 27.2 Å². The molecule has 1 N–H and O–H groups in total. The highest BCUT2D eigenvalue weighted by Gasteiger charge is 2.39. The molecule has 0 aliphatic carbocycles. The molecule has 2 aliphatic rings. The van der Waals surface area contributed by atoms with Crippen molar-refractivity contribution in [2.24, 2.45) is 0 Å². The Balaban J connectivity index is 1.63. The van der Waals surface area contributed by atoms with E-state index in [1.54, 1.807) is 0 Å². The quantitative estimate of drug-likeness (QED) is 0.573. The summed E-state index contributed by atoms with van der Waals surface area (Å²) < 4.78 is 11.2. The summed E-state index contributed by atoms with van der Waals surface area (Å²) in [5.41, 5.74) is 4.39. The fourth-order valence-corrected chi connectivity index (χ4v) is 4.15. The van der Waals surface area contributed by atoms with E-state index in [0.29, 0.717) is 49.9 Å². The molecule has 0 unspecified atom stereocenters. The first-order valence-electron chi connectivity index (χ1n) is 12.0. The number of imide groups is 1. The van der Waals surface area contributed by atoms with Crippen LogP contribution in [0.25, 0.3) is 5.57 Å². The maximum Gasteiger partial charge on any atom is 0.278 e. The van der Waals surface area contributed by atoms with E-state index in [9.17, 15) is 9.59 Å². The molecule has 0 radical (unpaired) electrons. The number of amides is 2. The van der Waals surface area contributed by atoms with Gasteiger partial charge in [0, 0.05) is 37.9 Å². The lowest BCUT2D eigenvalue weighted by Crippen LogP contribution is -2.43. The Bertz CT molecular complexity index is 1090. The highest BCUT2D eigenvalue weighted by atomic mass is 16.5. The average Bonchev–Trinajstić information content (AvgIpc) is 3.08. The highest BCUT2D eigenvalue weighted by molar-refractivity contribution is 6.36. The van der Waals surface area contributed by atoms with Crippen molar-refractivity contribution in [2.75, 3.05) is 51.3 Å². The van der Waals surface area contributed by atoms with Crippen molar-refractivity contribution in [1.29, 1.82) is 0 Å². The van der Waals surface area contributed by atoms with Gasteiger partial charge in [-0.1, -0.05) is 31.2 Å². The molecule has 2 aliphatic heterocycles. The van der Waals surface area contributed by atoms with Crippen LogP contribution < -0.4 is 10.1 Å². The molecule has 180 valence electrons. The van der Waals surface area contributed by atoms with E-state index < -0.39 is 0 Å². The van der Waals surface area contributed by atoms with E-state index in [-0.39, 0.29) is 11.8 Å². The van der Waals surface area contributed by atoms with Crippen LogP contribution in [0, 0.1) is 13.8 Å². The standard InChI is InChI=1S/C27H33N3O4/c1-4-14-34-23-7-5-6-22(18-23)28-25-24(21-9-8-19(2)20(3)17-21)26(31)30(27(25)32)11-10-29-12-15-33-16-13-29/h5-9,17-18,28H,4,10-16H2,1-3H3. The molecule has 7 nitrogen and oxygen atoms in total. The summed E-state index contributed by atoms with van der Waals surface area (Å²) in [5, 5.41) is 3.24. The number of carbonyl (C=O) groups excluding carboxylic acids is 2. The number of carbonyl (C=O) groups is 2. The predicted molar refractivity (Wildman–Crippen MR) is 133 cm³/mol. The zero-order chi connectivity index (χ0) is 24.1. The number of nitrogens with zero attached hydrogens (tertiary/aromatic N) is 2. The number of benzene rings is 2. The smallest absolute Gasteiger partial charge is 0.278 e. The maximum atomic E-state index is 13.5. The second-order valence-corrected chi connectivity index (χ2v) is 8.77. The summed E-state index contributed by atoms with van der Waals surface area (Å²) in [4.78, 5) is 30.6. The highest BCUT2D eigenvalue weighted by Crippen LogP contribution is 2.32. The summed E-state index contributed by atoms with van der Waals surface area (Å²) >= 11 is 0. The van der Waals surface area contributed by atoms with Crippen LogP contribution in [0.1, 0.15) is 30.0 Å². The lowest BCUT2D eigenvalue weighted by Gasteiger charge is -2.28. The predicted octanol–water partition coefficient (Wildman–Crippen LogP) is 3.62. The number of nitrogens with one attached hydrogen (secondary N) is 1. The minimum atomic E-state index is -0.300. The summed E-state index contributed by atoms with van der Waals surface area (Å²) in [7, 11) is 0. The van der Waals surface area contributed by atoms with E-state index in [1.807, 2.05) is 56.3 Å². The molecule has 1 saturated heterocycles. The lowest BCUT2D eigenvalue weighted by atomic mass is 9.99. The Hall–Kier alpha value is -3.16. The summed E-state index contributed by atoms with van der Waals surface area (Å²) in [6.45, 7) is 10.7. The van der Waals surface area contributed by atoms with E-state index in [4.69, 9.17) is 9.47 Å². The summed E-state index contributed by atoms with van der Waals surface area (Å²) in [6, 6.07) is 13.4. The third-order valence-corrected chi connectivity index (χ3v) is 6.28. The first-order valence-corrected chi connectivity index (χ1v) is 12.0. The van der Waals surface area contributed by atoms with Gasteiger partial charge in [-0.2, -0.15) is 0 Å². The Morgan fingerprint density at radius 2 is 1.76 bits per heavy atom. The molecule has 2 aromatic carbocycles. The second kappa shape index (κ2) is 10.8. The number of aryl methyl sites for hydroxylation is 2. The third kappa shape index (κ3) is 5.32. The monoisotopic (exact) mass is 463 g/mol. The van der Waals surface area contributed by atoms with Crippen LogP contribution in [0.15, 0.2) is 48.2 Å². The first kappa shape index (κ1) is 24.0. The van der Waals surface area contributed by atoms with Gasteiger partial charge in [-0.25, -0.2) is 0 Å². The lowest BCUT2D eigenvalue weighted by molar-refractivity contribution is -0.137. The van der Waals surface area contributed by atoms with Gasteiger partial charge in [0.2, 0.25) is 0 Å². The molecule has 1 fully saturated rings. The van der Waals surface area contributed by atoms with Gasteiger partial charge in [-0.3, -0.25) is 19.4 Å². The van der Waals surface area contributed by atoms with E-state index >= 15 is 0 Å². The van der Waals surface area contributed by atoms with Crippen LogP contribution in [0.2, 0.25) is 0 Å². The van der Waals surface area contributed by atoms with Gasteiger partial charge in [0.15, 0.2) is 0 Å². The maximum absolute atomic E-state index is 13.5. The molecular weight excluding hydrogens is 430 g/mol. The SMILES string of the molecule is CCCOc1cccc(NC2=C(c3ccc(C)c(C)c3)C(=O)N(CCN3CCOCC3)C2=O)c1. The molecule has 2 amide bonds. The van der Waals surface area contributed by atoms with Crippen LogP contribution in [-0.2, 0) is 14.3 Å². The van der Waals surface area contributed by atoms with Crippen LogP contribution >= 0.6 is 0 Å². The van der Waals surface area contributed by atoms with Crippen LogP contribution in [0.3, 0.4) is 0 Å². The molecule has 0 bridgehead atoms. The molecule has 34 heavy (non-hydrogen) atoms. The fourth-order valence-electron chi connectivity index (χ4n) is 4.15. The average molecular weight is 464 g/mol.